The molecule has 2 heterocycles. The average Bonchev–Trinajstić information content (AvgIpc) is 2.86. The van der Waals surface area contributed by atoms with Crippen molar-refractivity contribution in [2.75, 3.05) is 18.4 Å². The van der Waals surface area contributed by atoms with E-state index in [9.17, 15) is 22.8 Å². The van der Waals surface area contributed by atoms with Gasteiger partial charge >= 0.3 is 18.2 Å². The number of amides is 2. The smallest absolute Gasteiger partial charge is 0.406 e. The molecule has 0 spiro atoms. The van der Waals surface area contributed by atoms with E-state index in [1.165, 1.54) is 18.7 Å². The lowest BCUT2D eigenvalue weighted by molar-refractivity contribution is -0.226. The van der Waals surface area contributed by atoms with Crippen molar-refractivity contribution in [1.82, 2.24) is 14.9 Å². The first-order chi connectivity index (χ1) is 9.76. The van der Waals surface area contributed by atoms with Crippen LogP contribution in [0.5, 0.6) is 0 Å². The van der Waals surface area contributed by atoms with Crippen LogP contribution in [0.25, 0.3) is 0 Å². The maximum Gasteiger partial charge on any atom is 0.406 e. The van der Waals surface area contributed by atoms with Crippen LogP contribution in [0.15, 0.2) is 18.7 Å². The van der Waals surface area contributed by atoms with Crippen LogP contribution in [0.1, 0.15) is 6.42 Å². The van der Waals surface area contributed by atoms with Crippen molar-refractivity contribution in [2.24, 2.45) is 5.41 Å². The van der Waals surface area contributed by atoms with E-state index in [0.717, 1.165) is 4.90 Å². The number of urea groups is 1. The van der Waals surface area contributed by atoms with Gasteiger partial charge in [0, 0.05) is 13.1 Å². The molecule has 2 N–H and O–H groups in total. The molecule has 1 atom stereocenters. The summed E-state index contributed by atoms with van der Waals surface area (Å²) in [5.41, 5.74) is -2.71. The molecular weight excluding hydrogens is 293 g/mol. The molecule has 1 fully saturated rings. The van der Waals surface area contributed by atoms with Crippen molar-refractivity contribution in [1.29, 1.82) is 0 Å². The summed E-state index contributed by atoms with van der Waals surface area (Å²) < 4.78 is 38.9. The number of rotatable bonds is 2. The van der Waals surface area contributed by atoms with Crippen LogP contribution in [0.4, 0.5) is 23.7 Å². The van der Waals surface area contributed by atoms with Gasteiger partial charge in [0.05, 0.1) is 18.1 Å². The van der Waals surface area contributed by atoms with Crippen LogP contribution < -0.4 is 5.32 Å². The topological polar surface area (TPSA) is 95.4 Å². The normalized spacial score (nSPS) is 22.1. The molecule has 21 heavy (non-hydrogen) atoms. The molecule has 114 valence electrons. The lowest BCUT2D eigenvalue weighted by Crippen LogP contribution is -2.48. The fourth-order valence-corrected chi connectivity index (χ4v) is 2.08. The number of anilines is 1. The highest BCUT2D eigenvalue weighted by molar-refractivity contribution is 5.90. The summed E-state index contributed by atoms with van der Waals surface area (Å²) in [5.74, 6) is -1.98. The van der Waals surface area contributed by atoms with Crippen molar-refractivity contribution in [3.05, 3.63) is 18.7 Å². The van der Waals surface area contributed by atoms with E-state index < -0.39 is 36.6 Å². The van der Waals surface area contributed by atoms with Gasteiger partial charge in [0.25, 0.3) is 0 Å². The van der Waals surface area contributed by atoms with E-state index in [1.54, 1.807) is 0 Å². The maximum atomic E-state index is 13.0. The Morgan fingerprint density at radius 2 is 1.95 bits per heavy atom. The average molecular weight is 304 g/mol. The Morgan fingerprint density at radius 3 is 2.43 bits per heavy atom. The summed E-state index contributed by atoms with van der Waals surface area (Å²) in [6.45, 7) is -1.23. The van der Waals surface area contributed by atoms with Gasteiger partial charge in [-0.25, -0.2) is 14.8 Å². The highest BCUT2D eigenvalue weighted by Crippen LogP contribution is 2.45. The summed E-state index contributed by atoms with van der Waals surface area (Å²) in [4.78, 5) is 30.9. The van der Waals surface area contributed by atoms with Gasteiger partial charge in [-0.1, -0.05) is 0 Å². The number of likely N-dealkylation sites (tertiary alicyclic amines) is 1. The van der Waals surface area contributed by atoms with Crippen LogP contribution in [-0.2, 0) is 4.79 Å². The maximum absolute atomic E-state index is 13.0. The second kappa shape index (κ2) is 5.19. The van der Waals surface area contributed by atoms with E-state index in [4.69, 9.17) is 5.11 Å². The molecule has 1 aromatic heterocycles. The molecule has 0 bridgehead atoms. The molecule has 1 saturated heterocycles. The minimum Gasteiger partial charge on any atom is -0.481 e. The van der Waals surface area contributed by atoms with Crippen molar-refractivity contribution in [3.8, 4) is 0 Å². The van der Waals surface area contributed by atoms with Crippen molar-refractivity contribution < 1.29 is 27.9 Å². The lowest BCUT2D eigenvalue weighted by Gasteiger charge is -2.27. The third kappa shape index (κ3) is 2.73. The SMILES string of the molecule is O=C(Nc1cncnc1)N1CCC(C(=O)O)(C(F)(F)F)C1. The van der Waals surface area contributed by atoms with Crippen molar-refractivity contribution in [2.45, 2.75) is 12.6 Å². The largest absolute Gasteiger partial charge is 0.481 e. The van der Waals surface area contributed by atoms with Crippen molar-refractivity contribution in [3.63, 3.8) is 0 Å². The molecule has 0 aliphatic carbocycles. The number of halogens is 3. The van der Waals surface area contributed by atoms with Gasteiger partial charge in [-0.2, -0.15) is 13.2 Å². The number of hydrogen-bond donors (Lipinski definition) is 2. The first-order valence-corrected chi connectivity index (χ1v) is 5.87. The molecular formula is C11H11F3N4O3. The van der Waals surface area contributed by atoms with Crippen LogP contribution in [0.3, 0.4) is 0 Å². The number of hydrogen-bond acceptors (Lipinski definition) is 4. The van der Waals surface area contributed by atoms with Crippen LogP contribution in [-0.4, -0.2) is 51.2 Å². The number of carboxylic acid groups (broad SMARTS) is 1. The third-order valence-corrected chi connectivity index (χ3v) is 3.32. The molecule has 7 nitrogen and oxygen atoms in total. The van der Waals surface area contributed by atoms with Crippen LogP contribution in [0, 0.1) is 5.41 Å². The van der Waals surface area contributed by atoms with Gasteiger partial charge < -0.3 is 15.3 Å². The fraction of sp³-hybridized carbons (Fsp3) is 0.455. The predicted molar refractivity (Wildman–Crippen MR) is 63.4 cm³/mol. The zero-order valence-corrected chi connectivity index (χ0v) is 10.6. The third-order valence-electron chi connectivity index (χ3n) is 3.32. The summed E-state index contributed by atoms with van der Waals surface area (Å²) in [5, 5.41) is 11.2. The Bertz CT molecular complexity index is 551. The van der Waals surface area contributed by atoms with Crippen LogP contribution in [0.2, 0.25) is 0 Å². The Kier molecular flexibility index (Phi) is 3.71. The number of aromatic nitrogens is 2. The van der Waals surface area contributed by atoms with Gasteiger partial charge in [0.15, 0.2) is 5.41 Å². The van der Waals surface area contributed by atoms with Gasteiger partial charge in [-0.3, -0.25) is 4.79 Å². The number of carbonyl (C=O) groups is 2. The van der Waals surface area contributed by atoms with E-state index in [-0.39, 0.29) is 12.2 Å². The number of nitrogens with one attached hydrogen (secondary N) is 1. The second-order valence-electron chi connectivity index (χ2n) is 4.61. The van der Waals surface area contributed by atoms with Gasteiger partial charge in [0.2, 0.25) is 0 Å². The van der Waals surface area contributed by atoms with E-state index >= 15 is 0 Å². The minimum atomic E-state index is -4.93. The zero-order chi connectivity index (χ0) is 15.7. The number of alkyl halides is 3. The Balaban J connectivity index is 2.11. The first kappa shape index (κ1) is 15.0. The summed E-state index contributed by atoms with van der Waals surface area (Å²) >= 11 is 0. The molecule has 0 aromatic carbocycles. The monoisotopic (exact) mass is 304 g/mol. The zero-order valence-electron chi connectivity index (χ0n) is 10.6. The summed E-state index contributed by atoms with van der Waals surface area (Å²) in [6, 6.07) is -0.822. The van der Waals surface area contributed by atoms with Crippen molar-refractivity contribution >= 4 is 17.7 Å². The molecule has 2 rings (SSSR count). The minimum absolute atomic E-state index is 0.210. The quantitative estimate of drug-likeness (QED) is 0.860. The number of carbonyl (C=O) groups excluding carboxylic acids is 1. The summed E-state index contributed by atoms with van der Waals surface area (Å²) in [6.07, 6.45) is -1.83. The molecule has 1 aliphatic heterocycles. The van der Waals surface area contributed by atoms with Gasteiger partial charge in [-0.15, -0.1) is 0 Å². The Hall–Kier alpha value is -2.39. The molecule has 10 heteroatoms. The second-order valence-corrected chi connectivity index (χ2v) is 4.61. The molecule has 0 saturated carbocycles. The van der Waals surface area contributed by atoms with Crippen LogP contribution >= 0.6 is 0 Å². The standard InChI is InChI=1S/C11H11F3N4O3/c12-11(13,14)10(8(19)20)1-2-18(5-10)9(21)17-7-3-15-6-16-4-7/h3-4,6H,1-2,5H2,(H,17,21)(H,19,20). The predicted octanol–water partition coefficient (Wildman–Crippen LogP) is 1.35. The molecule has 1 aromatic rings. The lowest BCUT2D eigenvalue weighted by atomic mass is 9.86. The number of aliphatic carboxylic acids is 1. The van der Waals surface area contributed by atoms with Gasteiger partial charge in [-0.05, 0) is 6.42 Å². The number of carboxylic acids is 1. The first-order valence-electron chi connectivity index (χ1n) is 5.87. The molecule has 2 amide bonds. The highest BCUT2D eigenvalue weighted by atomic mass is 19.4. The Morgan fingerprint density at radius 1 is 1.33 bits per heavy atom. The molecule has 1 aliphatic rings. The fourth-order valence-electron chi connectivity index (χ4n) is 2.08. The molecule has 0 radical (unpaired) electrons. The highest BCUT2D eigenvalue weighted by Gasteiger charge is 2.64. The Labute approximate surface area is 116 Å². The van der Waals surface area contributed by atoms with E-state index in [0.29, 0.717) is 0 Å². The number of nitrogens with zero attached hydrogens (tertiary/aromatic N) is 3. The summed E-state index contributed by atoms with van der Waals surface area (Å²) in [7, 11) is 0. The van der Waals surface area contributed by atoms with E-state index in [2.05, 4.69) is 15.3 Å². The van der Waals surface area contributed by atoms with E-state index in [1.807, 2.05) is 0 Å². The van der Waals surface area contributed by atoms with Gasteiger partial charge in [0.1, 0.15) is 6.33 Å². The molecule has 1 unspecified atom stereocenters.